The number of hydrogen-bond donors (Lipinski definition) is 1. The summed E-state index contributed by atoms with van der Waals surface area (Å²) in [6.45, 7) is 3.44. The van der Waals surface area contributed by atoms with E-state index in [1.54, 1.807) is 11.9 Å². The molecular weight excluding hydrogens is 336 g/mol. The first kappa shape index (κ1) is 18.4. The van der Waals surface area contributed by atoms with Crippen LogP contribution in [0.5, 0.6) is 11.7 Å². The summed E-state index contributed by atoms with van der Waals surface area (Å²) in [5, 5.41) is 8.85. The lowest BCUT2D eigenvalue weighted by molar-refractivity contribution is -0.138. The predicted molar refractivity (Wildman–Crippen MR) is 95.4 cm³/mol. The Kier molecular flexibility index (Phi) is 6.27. The van der Waals surface area contributed by atoms with E-state index < -0.39 is 5.97 Å². The number of rotatable bonds is 8. The van der Waals surface area contributed by atoms with Crippen molar-refractivity contribution in [3.8, 4) is 11.7 Å². The van der Waals surface area contributed by atoms with E-state index in [4.69, 9.17) is 19.0 Å². The van der Waals surface area contributed by atoms with E-state index in [-0.39, 0.29) is 12.6 Å². The molecule has 1 N–H and O–H groups in total. The fourth-order valence-electron chi connectivity index (χ4n) is 3.00. The van der Waals surface area contributed by atoms with Crippen LogP contribution in [0.25, 0.3) is 0 Å². The van der Waals surface area contributed by atoms with Gasteiger partial charge in [0.2, 0.25) is 0 Å². The van der Waals surface area contributed by atoms with Gasteiger partial charge in [0.05, 0.1) is 25.8 Å². The molecule has 7 nitrogen and oxygen atoms in total. The third-order valence-electron chi connectivity index (χ3n) is 4.12. The van der Waals surface area contributed by atoms with Gasteiger partial charge in [-0.15, -0.1) is 0 Å². The first-order valence-corrected chi connectivity index (χ1v) is 8.64. The van der Waals surface area contributed by atoms with Gasteiger partial charge in [0.1, 0.15) is 11.5 Å². The molecule has 0 radical (unpaired) electrons. The van der Waals surface area contributed by atoms with Gasteiger partial charge in [-0.1, -0.05) is 18.2 Å². The maximum atomic E-state index is 10.8. The van der Waals surface area contributed by atoms with Crippen LogP contribution in [0.4, 0.5) is 0 Å². The number of carboxylic acids is 1. The van der Waals surface area contributed by atoms with Crippen molar-refractivity contribution in [3.05, 3.63) is 48.2 Å². The molecule has 0 bridgehead atoms. The van der Waals surface area contributed by atoms with Crippen LogP contribution in [0, 0.1) is 0 Å². The van der Waals surface area contributed by atoms with Crippen molar-refractivity contribution in [1.29, 1.82) is 0 Å². The molecule has 26 heavy (non-hydrogen) atoms. The molecular formula is C19H24N2O5. The van der Waals surface area contributed by atoms with E-state index in [1.807, 2.05) is 42.5 Å². The van der Waals surface area contributed by atoms with Crippen LogP contribution in [-0.4, -0.2) is 66.8 Å². The molecule has 1 atom stereocenters. The molecule has 0 spiro atoms. The Morgan fingerprint density at radius 2 is 2.12 bits per heavy atom. The Labute approximate surface area is 152 Å². The SMILES string of the molecule is CN(CC(=O)O)CC1CN(Cc2ccc(Oc3ccccc3)o2)CCO1. The third kappa shape index (κ3) is 5.59. The number of para-hydroxylation sites is 1. The molecule has 1 unspecified atom stereocenters. The number of nitrogens with zero attached hydrogens (tertiary/aromatic N) is 2. The van der Waals surface area contributed by atoms with Crippen LogP contribution >= 0.6 is 0 Å². The second-order valence-electron chi connectivity index (χ2n) is 6.45. The second-order valence-corrected chi connectivity index (χ2v) is 6.45. The zero-order valence-corrected chi connectivity index (χ0v) is 14.8. The van der Waals surface area contributed by atoms with Gasteiger partial charge in [-0.3, -0.25) is 14.6 Å². The largest absolute Gasteiger partial charge is 0.480 e. The van der Waals surface area contributed by atoms with Crippen molar-refractivity contribution in [3.63, 3.8) is 0 Å². The van der Waals surface area contributed by atoms with Gasteiger partial charge in [0, 0.05) is 25.7 Å². The number of morpholine rings is 1. The fraction of sp³-hybridized carbons (Fsp3) is 0.421. The highest BCUT2D eigenvalue weighted by Crippen LogP contribution is 2.24. The van der Waals surface area contributed by atoms with Gasteiger partial charge in [-0.2, -0.15) is 0 Å². The normalized spacial score (nSPS) is 18.2. The molecule has 1 aromatic heterocycles. The Morgan fingerprint density at radius 1 is 1.31 bits per heavy atom. The van der Waals surface area contributed by atoms with Crippen LogP contribution < -0.4 is 4.74 Å². The third-order valence-corrected chi connectivity index (χ3v) is 4.12. The van der Waals surface area contributed by atoms with Crippen molar-refractivity contribution < 1.29 is 23.8 Å². The summed E-state index contributed by atoms with van der Waals surface area (Å²) in [4.78, 5) is 14.8. The summed E-state index contributed by atoms with van der Waals surface area (Å²) in [5.41, 5.74) is 0. The highest BCUT2D eigenvalue weighted by atomic mass is 16.6. The second kappa shape index (κ2) is 8.84. The molecule has 2 heterocycles. The Bertz CT molecular complexity index is 703. The Morgan fingerprint density at radius 3 is 2.88 bits per heavy atom. The quantitative estimate of drug-likeness (QED) is 0.774. The monoisotopic (exact) mass is 360 g/mol. The lowest BCUT2D eigenvalue weighted by Gasteiger charge is -2.34. The fourth-order valence-corrected chi connectivity index (χ4v) is 3.00. The van der Waals surface area contributed by atoms with Crippen LogP contribution in [0.15, 0.2) is 46.9 Å². The topological polar surface area (TPSA) is 75.4 Å². The van der Waals surface area contributed by atoms with E-state index in [2.05, 4.69) is 4.90 Å². The van der Waals surface area contributed by atoms with Gasteiger partial charge < -0.3 is 19.0 Å². The van der Waals surface area contributed by atoms with Gasteiger partial charge in [-0.05, 0) is 25.2 Å². The van der Waals surface area contributed by atoms with E-state index in [0.29, 0.717) is 25.6 Å². The molecule has 1 aliphatic rings. The lowest BCUT2D eigenvalue weighted by Crippen LogP contribution is -2.47. The highest BCUT2D eigenvalue weighted by Gasteiger charge is 2.23. The van der Waals surface area contributed by atoms with Gasteiger partial charge in [-0.25, -0.2) is 0 Å². The average molecular weight is 360 g/mol. The minimum atomic E-state index is -0.832. The molecule has 1 aliphatic heterocycles. The molecule has 1 fully saturated rings. The Balaban J connectivity index is 1.50. The lowest BCUT2D eigenvalue weighted by atomic mass is 10.2. The minimum Gasteiger partial charge on any atom is -0.480 e. The average Bonchev–Trinajstić information content (AvgIpc) is 3.02. The predicted octanol–water partition coefficient (Wildman–Crippen LogP) is 2.29. The summed E-state index contributed by atoms with van der Waals surface area (Å²) in [6.07, 6.45) is -0.0110. The van der Waals surface area contributed by atoms with Crippen molar-refractivity contribution in [2.45, 2.75) is 12.6 Å². The zero-order chi connectivity index (χ0) is 18.4. The maximum absolute atomic E-state index is 10.8. The molecule has 2 aromatic rings. The summed E-state index contributed by atoms with van der Waals surface area (Å²) in [7, 11) is 1.79. The number of carbonyl (C=O) groups is 1. The van der Waals surface area contributed by atoms with Crippen LogP contribution in [0.2, 0.25) is 0 Å². The van der Waals surface area contributed by atoms with Crippen molar-refractivity contribution >= 4 is 5.97 Å². The molecule has 1 saturated heterocycles. The summed E-state index contributed by atoms with van der Waals surface area (Å²) < 4.78 is 17.2. The number of furan rings is 1. The summed E-state index contributed by atoms with van der Waals surface area (Å²) in [6, 6.07) is 13.2. The minimum absolute atomic E-state index is 0.0110. The first-order valence-electron chi connectivity index (χ1n) is 8.64. The molecule has 0 aliphatic carbocycles. The number of ether oxygens (including phenoxy) is 2. The summed E-state index contributed by atoms with van der Waals surface area (Å²) >= 11 is 0. The van der Waals surface area contributed by atoms with Gasteiger partial charge in [0.25, 0.3) is 5.95 Å². The molecule has 0 amide bonds. The van der Waals surface area contributed by atoms with E-state index >= 15 is 0 Å². The zero-order valence-electron chi connectivity index (χ0n) is 14.8. The van der Waals surface area contributed by atoms with Crippen molar-refractivity contribution in [2.24, 2.45) is 0 Å². The Hall–Kier alpha value is -2.35. The molecule has 3 rings (SSSR count). The smallest absolute Gasteiger partial charge is 0.317 e. The number of benzene rings is 1. The van der Waals surface area contributed by atoms with Gasteiger partial charge >= 0.3 is 5.97 Å². The first-order chi connectivity index (χ1) is 12.6. The van der Waals surface area contributed by atoms with Crippen LogP contribution in [0.1, 0.15) is 5.76 Å². The highest BCUT2D eigenvalue weighted by molar-refractivity contribution is 5.69. The maximum Gasteiger partial charge on any atom is 0.317 e. The number of aliphatic carboxylic acids is 1. The van der Waals surface area contributed by atoms with E-state index in [1.165, 1.54) is 0 Å². The molecule has 1 aromatic carbocycles. The molecule has 0 saturated carbocycles. The number of hydrogen-bond acceptors (Lipinski definition) is 6. The standard InChI is InChI=1S/C19H24N2O5/c1-20(14-18(22)23)11-17-13-21(9-10-24-17)12-16-7-8-19(26-16)25-15-5-3-2-4-6-15/h2-8,17H,9-14H2,1H3,(H,22,23). The van der Waals surface area contributed by atoms with Crippen molar-refractivity contribution in [2.75, 3.05) is 39.8 Å². The number of carboxylic acid groups (broad SMARTS) is 1. The number of likely N-dealkylation sites (N-methyl/N-ethyl adjacent to an activating group) is 1. The molecule has 140 valence electrons. The van der Waals surface area contributed by atoms with E-state index in [9.17, 15) is 4.79 Å². The molecule has 7 heteroatoms. The summed E-state index contributed by atoms with van der Waals surface area (Å²) in [5.74, 6) is 1.20. The van der Waals surface area contributed by atoms with Crippen LogP contribution in [-0.2, 0) is 16.1 Å². The van der Waals surface area contributed by atoms with Crippen LogP contribution in [0.3, 0.4) is 0 Å². The van der Waals surface area contributed by atoms with E-state index in [0.717, 1.165) is 24.6 Å². The van der Waals surface area contributed by atoms with Gasteiger partial charge in [0.15, 0.2) is 0 Å². The van der Waals surface area contributed by atoms with Crippen molar-refractivity contribution in [1.82, 2.24) is 9.80 Å².